The quantitative estimate of drug-likeness (QED) is 0.795. The Hall–Kier alpha value is -1.81. The average Bonchev–Trinajstić information content (AvgIpc) is 2.62. The van der Waals surface area contributed by atoms with Crippen molar-refractivity contribution in [2.75, 3.05) is 12.8 Å². The standard InChI is InChI=1S/C19H22N2OS/c1-23-18-10-8-15(9-11-18)19(22)21-13-5-3-7-17(21)14-16-6-2-4-12-20-16/h2,4,6,8-12,17H,3,5,7,13-14H2,1H3. The summed E-state index contributed by atoms with van der Waals surface area (Å²) in [6, 6.07) is 14.2. The number of pyridine rings is 1. The fourth-order valence-electron chi connectivity index (χ4n) is 3.14. The van der Waals surface area contributed by atoms with Gasteiger partial charge in [0.05, 0.1) is 0 Å². The molecule has 0 spiro atoms. The van der Waals surface area contributed by atoms with E-state index in [0.717, 1.165) is 37.1 Å². The lowest BCUT2D eigenvalue weighted by Crippen LogP contribution is -2.45. The van der Waals surface area contributed by atoms with Crippen molar-refractivity contribution in [1.29, 1.82) is 0 Å². The van der Waals surface area contributed by atoms with Crippen molar-refractivity contribution >= 4 is 17.7 Å². The van der Waals surface area contributed by atoms with Crippen molar-refractivity contribution in [1.82, 2.24) is 9.88 Å². The van der Waals surface area contributed by atoms with Gasteiger partial charge in [0, 0.05) is 41.4 Å². The molecule has 0 N–H and O–H groups in total. The highest BCUT2D eigenvalue weighted by atomic mass is 32.2. The van der Waals surface area contributed by atoms with Crippen molar-refractivity contribution in [2.24, 2.45) is 0 Å². The van der Waals surface area contributed by atoms with Crippen LogP contribution in [0.15, 0.2) is 53.6 Å². The summed E-state index contributed by atoms with van der Waals surface area (Å²) >= 11 is 1.69. The Kier molecular flexibility index (Phi) is 5.34. The Balaban J connectivity index is 1.75. The molecule has 0 radical (unpaired) electrons. The minimum atomic E-state index is 0.151. The van der Waals surface area contributed by atoms with E-state index in [1.165, 1.54) is 11.3 Å². The van der Waals surface area contributed by atoms with Gasteiger partial charge in [-0.15, -0.1) is 11.8 Å². The molecule has 1 amide bonds. The number of carbonyl (C=O) groups is 1. The minimum absolute atomic E-state index is 0.151. The first-order valence-corrected chi connectivity index (χ1v) is 9.35. The normalized spacial score (nSPS) is 18.0. The third-order valence-electron chi connectivity index (χ3n) is 4.40. The highest BCUT2D eigenvalue weighted by Gasteiger charge is 2.27. The number of hydrogen-bond donors (Lipinski definition) is 0. The molecule has 3 nitrogen and oxygen atoms in total. The van der Waals surface area contributed by atoms with E-state index in [4.69, 9.17) is 0 Å². The molecule has 1 unspecified atom stereocenters. The SMILES string of the molecule is CSc1ccc(C(=O)N2CCCCC2Cc2ccccn2)cc1. The van der Waals surface area contributed by atoms with Crippen molar-refractivity contribution in [2.45, 2.75) is 36.6 Å². The summed E-state index contributed by atoms with van der Waals surface area (Å²) in [5.41, 5.74) is 1.85. The third-order valence-corrected chi connectivity index (χ3v) is 5.14. The lowest BCUT2D eigenvalue weighted by Gasteiger charge is -2.36. The number of hydrogen-bond acceptors (Lipinski definition) is 3. The van der Waals surface area contributed by atoms with Gasteiger partial charge in [0.1, 0.15) is 0 Å². The topological polar surface area (TPSA) is 33.2 Å². The monoisotopic (exact) mass is 326 g/mol. The summed E-state index contributed by atoms with van der Waals surface area (Å²) < 4.78 is 0. The van der Waals surface area contributed by atoms with Gasteiger partial charge < -0.3 is 4.90 Å². The van der Waals surface area contributed by atoms with Crippen molar-refractivity contribution < 1.29 is 4.79 Å². The fraction of sp³-hybridized carbons (Fsp3) is 0.368. The van der Waals surface area contributed by atoms with E-state index in [9.17, 15) is 4.79 Å². The van der Waals surface area contributed by atoms with E-state index in [-0.39, 0.29) is 11.9 Å². The van der Waals surface area contributed by atoms with Gasteiger partial charge in [0.15, 0.2) is 0 Å². The van der Waals surface area contributed by atoms with Crippen molar-refractivity contribution in [3.63, 3.8) is 0 Å². The van der Waals surface area contributed by atoms with Crippen LogP contribution in [0.3, 0.4) is 0 Å². The number of benzene rings is 1. The number of likely N-dealkylation sites (tertiary alicyclic amines) is 1. The van der Waals surface area contributed by atoms with Crippen LogP contribution in [-0.4, -0.2) is 34.6 Å². The summed E-state index contributed by atoms with van der Waals surface area (Å²) in [6.45, 7) is 0.848. The maximum atomic E-state index is 12.9. The fourth-order valence-corrected chi connectivity index (χ4v) is 3.55. The van der Waals surface area contributed by atoms with Gasteiger partial charge in [0.25, 0.3) is 5.91 Å². The largest absolute Gasteiger partial charge is 0.335 e. The predicted octanol–water partition coefficient (Wildman–Crippen LogP) is 4.04. The molecular formula is C19H22N2OS. The molecule has 1 saturated heterocycles. The average molecular weight is 326 g/mol. The molecular weight excluding hydrogens is 304 g/mol. The zero-order valence-corrected chi connectivity index (χ0v) is 14.3. The van der Waals surface area contributed by atoms with E-state index in [1.807, 2.05) is 59.8 Å². The molecule has 3 rings (SSSR count). The Morgan fingerprint density at radius 1 is 1.22 bits per heavy atom. The molecule has 23 heavy (non-hydrogen) atoms. The van der Waals surface area contributed by atoms with Crippen LogP contribution >= 0.6 is 11.8 Å². The predicted molar refractivity (Wildman–Crippen MR) is 94.8 cm³/mol. The number of amides is 1. The third kappa shape index (κ3) is 3.94. The Labute approximate surface area is 142 Å². The van der Waals surface area contributed by atoms with Crippen LogP contribution in [0, 0.1) is 0 Å². The number of piperidine rings is 1. The maximum Gasteiger partial charge on any atom is 0.254 e. The highest BCUT2D eigenvalue weighted by Crippen LogP contribution is 2.23. The number of carbonyl (C=O) groups excluding carboxylic acids is 1. The Bertz CT molecular complexity index is 642. The molecule has 120 valence electrons. The molecule has 1 atom stereocenters. The van der Waals surface area contributed by atoms with Gasteiger partial charge in [-0.25, -0.2) is 0 Å². The van der Waals surface area contributed by atoms with E-state index < -0.39 is 0 Å². The molecule has 0 bridgehead atoms. The molecule has 4 heteroatoms. The molecule has 1 aliphatic rings. The molecule has 1 fully saturated rings. The lowest BCUT2D eigenvalue weighted by molar-refractivity contribution is 0.0612. The molecule has 2 heterocycles. The zero-order valence-electron chi connectivity index (χ0n) is 13.4. The summed E-state index contributed by atoms with van der Waals surface area (Å²) in [5.74, 6) is 0.151. The molecule has 0 aliphatic carbocycles. The maximum absolute atomic E-state index is 12.9. The van der Waals surface area contributed by atoms with Gasteiger partial charge in [-0.05, 0) is 61.9 Å². The smallest absolute Gasteiger partial charge is 0.254 e. The van der Waals surface area contributed by atoms with E-state index in [2.05, 4.69) is 4.98 Å². The molecule has 1 aromatic heterocycles. The van der Waals surface area contributed by atoms with Crippen LogP contribution in [-0.2, 0) is 6.42 Å². The van der Waals surface area contributed by atoms with Crippen LogP contribution in [0.5, 0.6) is 0 Å². The first-order valence-electron chi connectivity index (χ1n) is 8.13. The summed E-state index contributed by atoms with van der Waals surface area (Å²) in [7, 11) is 0. The summed E-state index contributed by atoms with van der Waals surface area (Å²) in [6.07, 6.45) is 8.05. The Morgan fingerprint density at radius 3 is 2.74 bits per heavy atom. The molecule has 1 aliphatic heterocycles. The van der Waals surface area contributed by atoms with Gasteiger partial charge >= 0.3 is 0 Å². The van der Waals surface area contributed by atoms with Crippen LogP contribution in [0.2, 0.25) is 0 Å². The van der Waals surface area contributed by atoms with E-state index in [1.54, 1.807) is 11.8 Å². The van der Waals surface area contributed by atoms with Gasteiger partial charge in [-0.2, -0.15) is 0 Å². The van der Waals surface area contributed by atoms with Gasteiger partial charge in [-0.1, -0.05) is 6.07 Å². The van der Waals surface area contributed by atoms with Crippen molar-refractivity contribution in [3.05, 3.63) is 59.9 Å². The zero-order chi connectivity index (χ0) is 16.1. The van der Waals surface area contributed by atoms with E-state index >= 15 is 0 Å². The van der Waals surface area contributed by atoms with Crippen molar-refractivity contribution in [3.8, 4) is 0 Å². The number of rotatable bonds is 4. The van der Waals surface area contributed by atoms with Crippen LogP contribution in [0.25, 0.3) is 0 Å². The molecule has 0 saturated carbocycles. The molecule has 2 aromatic rings. The van der Waals surface area contributed by atoms with Gasteiger partial charge in [0.2, 0.25) is 0 Å². The highest BCUT2D eigenvalue weighted by molar-refractivity contribution is 7.98. The second-order valence-electron chi connectivity index (χ2n) is 5.90. The second-order valence-corrected chi connectivity index (χ2v) is 6.78. The summed E-state index contributed by atoms with van der Waals surface area (Å²) in [5, 5.41) is 0. The number of thioether (sulfide) groups is 1. The lowest BCUT2D eigenvalue weighted by atomic mass is 9.96. The first-order chi connectivity index (χ1) is 11.3. The number of nitrogens with zero attached hydrogens (tertiary/aromatic N) is 2. The number of aromatic nitrogens is 1. The van der Waals surface area contributed by atoms with E-state index in [0.29, 0.717) is 0 Å². The first kappa shape index (κ1) is 16.1. The Morgan fingerprint density at radius 2 is 2.04 bits per heavy atom. The second kappa shape index (κ2) is 7.64. The van der Waals surface area contributed by atoms with Crippen LogP contribution in [0.4, 0.5) is 0 Å². The molecule has 1 aromatic carbocycles. The van der Waals surface area contributed by atoms with Gasteiger partial charge in [-0.3, -0.25) is 9.78 Å². The minimum Gasteiger partial charge on any atom is -0.335 e. The van der Waals surface area contributed by atoms with Crippen LogP contribution < -0.4 is 0 Å². The van der Waals surface area contributed by atoms with Crippen LogP contribution in [0.1, 0.15) is 35.3 Å². The summed E-state index contributed by atoms with van der Waals surface area (Å²) in [4.78, 5) is 20.6.